The van der Waals surface area contributed by atoms with Crippen molar-refractivity contribution in [3.63, 3.8) is 0 Å². The van der Waals surface area contributed by atoms with Crippen molar-refractivity contribution in [2.75, 3.05) is 4.90 Å². The number of imide groups is 2. The van der Waals surface area contributed by atoms with Crippen LogP contribution in [0.5, 0.6) is 0 Å². The number of aromatic nitrogens is 1. The number of hydrogen-bond donors (Lipinski definition) is 1. The van der Waals surface area contributed by atoms with Crippen molar-refractivity contribution in [3.05, 3.63) is 117 Å². The average Bonchev–Trinajstić information content (AvgIpc) is 3.20. The van der Waals surface area contributed by atoms with Gasteiger partial charge in [-0.1, -0.05) is 29.5 Å². The van der Waals surface area contributed by atoms with Crippen LogP contribution in [0, 0.1) is 30.9 Å². The number of rotatable bonds is 6. The molecule has 0 aliphatic carbocycles. The number of nitro groups is 1. The molecule has 1 aliphatic heterocycles. The Balaban J connectivity index is 1.41. The quantitative estimate of drug-likeness (QED) is 0.133. The molecular formula is C30H24N4O5S. The number of nitrogens with one attached hydrogen (secondary N) is 1. The maximum Gasteiger partial charge on any atom is 0.335 e. The summed E-state index contributed by atoms with van der Waals surface area (Å²) in [5.74, 6) is -1.43. The van der Waals surface area contributed by atoms with E-state index in [0.29, 0.717) is 11.3 Å². The summed E-state index contributed by atoms with van der Waals surface area (Å²) < 4.78 is 2.01. The van der Waals surface area contributed by atoms with Crippen LogP contribution in [0.1, 0.15) is 22.5 Å². The lowest BCUT2D eigenvalue weighted by Gasteiger charge is -2.26. The highest BCUT2D eigenvalue weighted by atomic mass is 32.2. The van der Waals surface area contributed by atoms with Crippen LogP contribution in [0.25, 0.3) is 11.8 Å². The number of benzene rings is 3. The van der Waals surface area contributed by atoms with E-state index in [0.717, 1.165) is 37.3 Å². The normalized spacial score (nSPS) is 14.5. The Labute approximate surface area is 234 Å². The highest BCUT2D eigenvalue weighted by molar-refractivity contribution is 7.99. The second kappa shape index (κ2) is 10.7. The summed E-state index contributed by atoms with van der Waals surface area (Å²) in [7, 11) is 0. The van der Waals surface area contributed by atoms with Gasteiger partial charge in [0, 0.05) is 39.0 Å². The Morgan fingerprint density at radius 3 is 2.00 bits per heavy atom. The Morgan fingerprint density at radius 2 is 1.40 bits per heavy atom. The van der Waals surface area contributed by atoms with Gasteiger partial charge in [-0.3, -0.25) is 25.0 Å². The average molecular weight is 553 g/mol. The molecule has 0 unspecified atom stereocenters. The number of amides is 4. The molecule has 3 aromatic carbocycles. The number of urea groups is 1. The molecule has 1 fully saturated rings. The van der Waals surface area contributed by atoms with Gasteiger partial charge < -0.3 is 4.57 Å². The van der Waals surface area contributed by atoms with Crippen LogP contribution in [0.15, 0.2) is 94.2 Å². The van der Waals surface area contributed by atoms with Crippen molar-refractivity contribution >= 4 is 47.1 Å². The molecule has 0 atom stereocenters. The number of nitrogens with zero attached hydrogens (tertiary/aromatic N) is 3. The standard InChI is InChI=1S/C30H24N4O5S/c1-18-4-6-23(7-5-18)33-29(36)27(28(35)31-30(33)37)17-21-16-19(2)32(20(21)3)22-8-12-25(13-9-22)40-26-14-10-24(11-15-26)34(38)39/h4-17H,1-3H3,(H,31,35,37). The van der Waals surface area contributed by atoms with Crippen molar-refractivity contribution in [1.29, 1.82) is 0 Å². The zero-order valence-corrected chi connectivity index (χ0v) is 22.7. The number of hydrogen-bond acceptors (Lipinski definition) is 6. The van der Waals surface area contributed by atoms with Crippen LogP contribution < -0.4 is 10.2 Å². The summed E-state index contributed by atoms with van der Waals surface area (Å²) in [6.07, 6.45) is 1.52. The Bertz CT molecular complexity index is 1690. The summed E-state index contributed by atoms with van der Waals surface area (Å²) in [4.78, 5) is 51.7. The molecule has 40 heavy (non-hydrogen) atoms. The van der Waals surface area contributed by atoms with Gasteiger partial charge in [0.15, 0.2) is 0 Å². The number of aryl methyl sites for hydroxylation is 2. The van der Waals surface area contributed by atoms with Crippen molar-refractivity contribution in [1.82, 2.24) is 9.88 Å². The molecular weight excluding hydrogens is 528 g/mol. The Hall–Kier alpha value is -4.96. The van der Waals surface area contributed by atoms with Gasteiger partial charge in [-0.15, -0.1) is 0 Å². The fourth-order valence-electron chi connectivity index (χ4n) is 4.51. The predicted octanol–water partition coefficient (Wildman–Crippen LogP) is 6.13. The van der Waals surface area contributed by atoms with Gasteiger partial charge >= 0.3 is 6.03 Å². The van der Waals surface area contributed by atoms with Crippen LogP contribution >= 0.6 is 11.8 Å². The molecule has 1 saturated heterocycles. The van der Waals surface area contributed by atoms with Gasteiger partial charge in [-0.2, -0.15) is 0 Å². The molecule has 4 aromatic rings. The van der Waals surface area contributed by atoms with Crippen molar-refractivity contribution in [2.45, 2.75) is 30.6 Å². The van der Waals surface area contributed by atoms with Crippen LogP contribution in [-0.2, 0) is 9.59 Å². The van der Waals surface area contributed by atoms with E-state index in [-0.39, 0.29) is 11.3 Å². The molecule has 200 valence electrons. The summed E-state index contributed by atoms with van der Waals surface area (Å²) in [6.45, 7) is 5.73. The first-order chi connectivity index (χ1) is 19.1. The third kappa shape index (κ3) is 5.16. The third-order valence-corrected chi connectivity index (χ3v) is 7.56. The molecule has 0 spiro atoms. The van der Waals surface area contributed by atoms with E-state index in [1.807, 2.05) is 55.7 Å². The summed E-state index contributed by atoms with van der Waals surface area (Å²) in [6, 6.07) is 22.2. The first kappa shape index (κ1) is 26.6. The van der Waals surface area contributed by atoms with E-state index < -0.39 is 22.8 Å². The lowest BCUT2D eigenvalue weighted by atomic mass is 10.1. The number of non-ortho nitro benzene ring substituents is 1. The SMILES string of the molecule is Cc1ccc(N2C(=O)NC(=O)C(=Cc3cc(C)n(-c4ccc(Sc5ccc([N+](=O)[O-])cc5)cc4)c3C)C2=O)cc1. The molecule has 5 rings (SSSR count). The fraction of sp³-hybridized carbons (Fsp3) is 0.100. The molecule has 0 saturated carbocycles. The van der Waals surface area contributed by atoms with Crippen molar-refractivity contribution in [2.24, 2.45) is 0 Å². The van der Waals surface area contributed by atoms with Gasteiger partial charge in [0.2, 0.25) is 0 Å². The molecule has 0 bridgehead atoms. The molecule has 10 heteroatoms. The largest absolute Gasteiger partial charge is 0.335 e. The molecule has 9 nitrogen and oxygen atoms in total. The predicted molar refractivity (Wildman–Crippen MR) is 153 cm³/mol. The number of carbonyl (C=O) groups excluding carboxylic acids is 3. The second-order valence-electron chi connectivity index (χ2n) is 9.30. The summed E-state index contributed by atoms with van der Waals surface area (Å²) >= 11 is 1.49. The minimum absolute atomic E-state index is 0.0471. The minimum atomic E-state index is -0.784. The molecule has 2 heterocycles. The Kier molecular flexibility index (Phi) is 7.10. The first-order valence-electron chi connectivity index (χ1n) is 12.3. The number of barbiturate groups is 1. The van der Waals surface area contributed by atoms with Crippen molar-refractivity contribution in [3.8, 4) is 5.69 Å². The van der Waals surface area contributed by atoms with Crippen LogP contribution in [0.3, 0.4) is 0 Å². The van der Waals surface area contributed by atoms with Gasteiger partial charge in [-0.25, -0.2) is 9.69 Å². The number of anilines is 1. The summed E-state index contributed by atoms with van der Waals surface area (Å²) in [5.41, 5.74) is 4.56. The maximum atomic E-state index is 13.3. The molecule has 1 aliphatic rings. The van der Waals surface area contributed by atoms with E-state index in [1.165, 1.54) is 30.0 Å². The van der Waals surface area contributed by atoms with Gasteiger partial charge in [0.1, 0.15) is 5.57 Å². The van der Waals surface area contributed by atoms with Crippen LogP contribution in [0.2, 0.25) is 0 Å². The minimum Gasteiger partial charge on any atom is -0.318 e. The molecule has 0 radical (unpaired) electrons. The van der Waals surface area contributed by atoms with E-state index in [2.05, 4.69) is 5.32 Å². The zero-order valence-electron chi connectivity index (χ0n) is 21.9. The van der Waals surface area contributed by atoms with Gasteiger partial charge in [-0.05, 0) is 87.0 Å². The first-order valence-corrected chi connectivity index (χ1v) is 13.1. The van der Waals surface area contributed by atoms with E-state index in [1.54, 1.807) is 36.4 Å². The smallest absolute Gasteiger partial charge is 0.318 e. The number of nitro benzene ring substituents is 1. The van der Waals surface area contributed by atoms with Crippen LogP contribution in [0.4, 0.5) is 16.2 Å². The highest BCUT2D eigenvalue weighted by Gasteiger charge is 2.37. The number of carbonyl (C=O) groups is 3. The Morgan fingerprint density at radius 1 is 0.825 bits per heavy atom. The maximum absolute atomic E-state index is 13.3. The van der Waals surface area contributed by atoms with E-state index in [4.69, 9.17) is 0 Å². The van der Waals surface area contributed by atoms with E-state index >= 15 is 0 Å². The second-order valence-corrected chi connectivity index (χ2v) is 10.4. The zero-order chi connectivity index (χ0) is 28.6. The van der Waals surface area contributed by atoms with Gasteiger partial charge in [0.05, 0.1) is 10.6 Å². The monoisotopic (exact) mass is 552 g/mol. The lowest BCUT2D eigenvalue weighted by molar-refractivity contribution is -0.384. The molecule has 1 N–H and O–H groups in total. The summed E-state index contributed by atoms with van der Waals surface area (Å²) in [5, 5.41) is 13.1. The fourth-order valence-corrected chi connectivity index (χ4v) is 5.32. The highest BCUT2D eigenvalue weighted by Crippen LogP contribution is 2.31. The van der Waals surface area contributed by atoms with Crippen molar-refractivity contribution < 1.29 is 19.3 Å². The van der Waals surface area contributed by atoms with E-state index in [9.17, 15) is 24.5 Å². The third-order valence-electron chi connectivity index (χ3n) is 6.54. The molecule has 1 aromatic heterocycles. The topological polar surface area (TPSA) is 115 Å². The van der Waals surface area contributed by atoms with Gasteiger partial charge in [0.25, 0.3) is 17.5 Å². The molecule has 4 amide bonds. The van der Waals surface area contributed by atoms with Crippen LogP contribution in [-0.4, -0.2) is 27.3 Å². The lowest BCUT2D eigenvalue weighted by Crippen LogP contribution is -2.54.